The Hall–Kier alpha value is -3.47. The van der Waals surface area contributed by atoms with Gasteiger partial charge in [0.1, 0.15) is 5.54 Å². The number of esters is 1. The van der Waals surface area contributed by atoms with Crippen LogP contribution in [0.25, 0.3) is 6.08 Å². The van der Waals surface area contributed by atoms with Crippen LogP contribution in [-0.4, -0.2) is 23.3 Å². The number of carbonyl (C=O) groups excluding carboxylic acids is 1. The van der Waals surface area contributed by atoms with Crippen molar-refractivity contribution in [3.8, 4) is 0 Å². The van der Waals surface area contributed by atoms with Gasteiger partial charge >= 0.3 is 5.97 Å². The predicted octanol–water partition coefficient (Wildman–Crippen LogP) is 5.39. The summed E-state index contributed by atoms with van der Waals surface area (Å²) in [5.41, 5.74) is 5.46. The van der Waals surface area contributed by atoms with Crippen LogP contribution >= 0.6 is 0 Å². The molecule has 0 amide bonds. The first kappa shape index (κ1) is 22.7. The number of pyridine rings is 1. The smallest absolute Gasteiger partial charge is 0.338 e. The summed E-state index contributed by atoms with van der Waals surface area (Å²) in [6.45, 7) is 7.89. The number of aromatic nitrogens is 1. The molecule has 5 heteroatoms. The number of hydrogen-bond acceptors (Lipinski definition) is 4. The highest BCUT2D eigenvalue weighted by atomic mass is 16.5. The molecule has 1 N–H and O–H groups in total. The zero-order chi connectivity index (χ0) is 23.6. The molecule has 2 bridgehead atoms. The van der Waals surface area contributed by atoms with Crippen LogP contribution in [0.1, 0.15) is 61.3 Å². The quantitative estimate of drug-likeness (QED) is 0.383. The molecule has 2 atom stereocenters. The van der Waals surface area contributed by atoms with Gasteiger partial charge in [0.15, 0.2) is 0 Å². The van der Waals surface area contributed by atoms with Gasteiger partial charge in [-0.05, 0) is 69.5 Å². The molecule has 1 aromatic carbocycles. The van der Waals surface area contributed by atoms with E-state index in [1.54, 1.807) is 12.1 Å². The Morgan fingerprint density at radius 2 is 2.09 bits per heavy atom. The van der Waals surface area contributed by atoms with Crippen molar-refractivity contribution in [1.29, 1.82) is 0 Å². The fourth-order valence-electron chi connectivity index (χ4n) is 5.03. The molecule has 2 unspecified atom stereocenters. The monoisotopic (exact) mass is 442 g/mol. The lowest BCUT2D eigenvalue weighted by Crippen LogP contribution is -2.40. The summed E-state index contributed by atoms with van der Waals surface area (Å²) in [7, 11) is 0. The average molecular weight is 443 g/mol. The number of ether oxygens (including phenoxy) is 1. The number of fused-ring (bicyclic) bond motifs is 4. The standard InChI is InChI=1S/C28H30N2O3/c1-5-23-22-14-19(4)17-28(23,24-11-12-26(31)30-25(24)16-22)29-13-7-9-20-8-6-10-21(15-20)27(32)33-18(2)3/h5-15,18,22H,16-17H2,1-4H3,(H,30,31)/b9-7+,23-5+,29-13+. The van der Waals surface area contributed by atoms with E-state index in [0.29, 0.717) is 5.56 Å². The van der Waals surface area contributed by atoms with Gasteiger partial charge in [0.2, 0.25) is 5.56 Å². The molecule has 1 heterocycles. The van der Waals surface area contributed by atoms with E-state index in [1.807, 2.05) is 56.5 Å². The molecule has 0 aliphatic heterocycles. The number of allylic oxidation sites excluding steroid dienone is 3. The normalized spacial score (nSPS) is 23.2. The van der Waals surface area contributed by atoms with E-state index in [4.69, 9.17) is 9.73 Å². The molecule has 0 fully saturated rings. The molecular formula is C28H30N2O3. The second-order valence-electron chi connectivity index (χ2n) is 9.04. The minimum Gasteiger partial charge on any atom is -0.459 e. The van der Waals surface area contributed by atoms with E-state index in [-0.39, 0.29) is 23.6 Å². The molecule has 0 saturated heterocycles. The van der Waals surface area contributed by atoms with Crippen molar-refractivity contribution in [1.82, 2.24) is 4.98 Å². The lowest BCUT2D eigenvalue weighted by Gasteiger charge is -2.45. The third-order valence-corrected chi connectivity index (χ3v) is 6.21. The lowest BCUT2D eigenvalue weighted by molar-refractivity contribution is 0.0378. The van der Waals surface area contributed by atoms with E-state index in [1.165, 1.54) is 11.1 Å². The average Bonchev–Trinajstić information content (AvgIpc) is 2.76. The summed E-state index contributed by atoms with van der Waals surface area (Å²) < 4.78 is 5.29. The molecule has 0 spiro atoms. The van der Waals surface area contributed by atoms with E-state index in [0.717, 1.165) is 29.7 Å². The van der Waals surface area contributed by atoms with Crippen LogP contribution in [0, 0.1) is 5.92 Å². The Morgan fingerprint density at radius 3 is 2.85 bits per heavy atom. The van der Waals surface area contributed by atoms with E-state index in [2.05, 4.69) is 31.0 Å². The van der Waals surface area contributed by atoms with Gasteiger partial charge in [-0.3, -0.25) is 9.79 Å². The van der Waals surface area contributed by atoms with Crippen LogP contribution in [0.2, 0.25) is 0 Å². The Kier molecular flexibility index (Phi) is 6.32. The van der Waals surface area contributed by atoms with Gasteiger partial charge in [-0.15, -0.1) is 0 Å². The molecule has 5 nitrogen and oxygen atoms in total. The van der Waals surface area contributed by atoms with Gasteiger partial charge in [-0.1, -0.05) is 35.9 Å². The summed E-state index contributed by atoms with van der Waals surface area (Å²) in [4.78, 5) is 32.3. The fraction of sp³-hybridized carbons (Fsp3) is 0.321. The molecule has 33 heavy (non-hydrogen) atoms. The Bertz CT molecular complexity index is 1250. The highest BCUT2D eigenvalue weighted by Crippen LogP contribution is 2.51. The Labute approximate surface area is 194 Å². The van der Waals surface area contributed by atoms with Crippen molar-refractivity contribution in [3.05, 3.63) is 98.5 Å². The number of hydrogen-bond donors (Lipinski definition) is 1. The molecule has 0 radical (unpaired) electrons. The molecule has 2 aromatic rings. The van der Waals surface area contributed by atoms with Crippen LogP contribution < -0.4 is 5.56 Å². The maximum absolute atomic E-state index is 12.2. The summed E-state index contributed by atoms with van der Waals surface area (Å²) in [6.07, 6.45) is 11.5. The summed E-state index contributed by atoms with van der Waals surface area (Å²) in [6, 6.07) is 10.9. The Balaban J connectivity index is 1.66. The zero-order valence-corrected chi connectivity index (χ0v) is 19.6. The van der Waals surface area contributed by atoms with Crippen molar-refractivity contribution >= 4 is 18.3 Å². The maximum Gasteiger partial charge on any atom is 0.338 e. The number of rotatable bonds is 5. The highest BCUT2D eigenvalue weighted by Gasteiger charge is 2.46. The predicted molar refractivity (Wildman–Crippen MR) is 133 cm³/mol. The molecule has 1 aromatic heterocycles. The van der Waals surface area contributed by atoms with Gasteiger partial charge in [0.05, 0.1) is 11.7 Å². The van der Waals surface area contributed by atoms with Crippen LogP contribution in [0.15, 0.2) is 75.6 Å². The topological polar surface area (TPSA) is 71.5 Å². The second-order valence-corrected chi connectivity index (χ2v) is 9.04. The van der Waals surface area contributed by atoms with E-state index >= 15 is 0 Å². The third-order valence-electron chi connectivity index (χ3n) is 6.21. The maximum atomic E-state index is 12.2. The summed E-state index contributed by atoms with van der Waals surface area (Å²) in [5, 5.41) is 0. The first-order chi connectivity index (χ1) is 15.8. The van der Waals surface area contributed by atoms with E-state index < -0.39 is 5.54 Å². The molecular weight excluding hydrogens is 412 g/mol. The number of benzene rings is 1. The number of nitrogens with one attached hydrogen (secondary N) is 1. The molecule has 2 aliphatic rings. The molecule has 4 rings (SSSR count). The highest BCUT2D eigenvalue weighted by molar-refractivity contribution is 5.90. The first-order valence-electron chi connectivity index (χ1n) is 11.4. The number of aromatic amines is 1. The van der Waals surface area contributed by atoms with Gasteiger partial charge in [0, 0.05) is 35.9 Å². The molecule has 2 aliphatic carbocycles. The van der Waals surface area contributed by atoms with Crippen LogP contribution in [-0.2, 0) is 16.7 Å². The van der Waals surface area contributed by atoms with Crippen molar-refractivity contribution in [3.63, 3.8) is 0 Å². The third kappa shape index (κ3) is 4.54. The lowest BCUT2D eigenvalue weighted by atomic mass is 9.63. The van der Waals surface area contributed by atoms with Gasteiger partial charge in [0.25, 0.3) is 0 Å². The van der Waals surface area contributed by atoms with Crippen molar-refractivity contribution in [2.75, 3.05) is 0 Å². The molecule has 170 valence electrons. The Morgan fingerprint density at radius 1 is 1.27 bits per heavy atom. The van der Waals surface area contributed by atoms with Crippen molar-refractivity contribution < 1.29 is 9.53 Å². The van der Waals surface area contributed by atoms with Crippen molar-refractivity contribution in [2.24, 2.45) is 10.9 Å². The van der Waals surface area contributed by atoms with Crippen LogP contribution in [0.5, 0.6) is 0 Å². The van der Waals surface area contributed by atoms with Crippen LogP contribution in [0.4, 0.5) is 0 Å². The number of nitrogens with zero attached hydrogens (tertiary/aromatic N) is 1. The van der Waals surface area contributed by atoms with E-state index in [9.17, 15) is 9.59 Å². The first-order valence-corrected chi connectivity index (χ1v) is 11.4. The number of carbonyl (C=O) groups is 1. The van der Waals surface area contributed by atoms with Crippen molar-refractivity contribution in [2.45, 2.75) is 52.2 Å². The number of aliphatic imine (C=N–C) groups is 1. The number of H-pyrrole nitrogens is 1. The zero-order valence-electron chi connectivity index (χ0n) is 19.6. The summed E-state index contributed by atoms with van der Waals surface area (Å²) >= 11 is 0. The second kappa shape index (κ2) is 9.18. The molecule has 0 saturated carbocycles. The fourth-order valence-corrected chi connectivity index (χ4v) is 5.03. The minimum atomic E-state index is -0.511. The van der Waals surface area contributed by atoms with Gasteiger partial charge in [-0.2, -0.15) is 0 Å². The minimum absolute atomic E-state index is 0.0775. The SMILES string of the molecule is C/C=C1\C2C=C(C)CC1(/N=C/C=C/c1cccc(C(=O)OC(C)C)c1)c1ccc(=O)[nH]c1C2. The van der Waals surface area contributed by atoms with Gasteiger partial charge in [-0.25, -0.2) is 4.79 Å². The van der Waals surface area contributed by atoms with Gasteiger partial charge < -0.3 is 9.72 Å². The van der Waals surface area contributed by atoms with Crippen LogP contribution in [0.3, 0.4) is 0 Å². The summed E-state index contributed by atoms with van der Waals surface area (Å²) in [5.74, 6) is -0.0899. The largest absolute Gasteiger partial charge is 0.459 e.